The van der Waals surface area contributed by atoms with Crippen LogP contribution < -0.4 is 5.32 Å². The van der Waals surface area contributed by atoms with E-state index in [-0.39, 0.29) is 0 Å². The predicted molar refractivity (Wildman–Crippen MR) is 61.4 cm³/mol. The van der Waals surface area contributed by atoms with E-state index >= 15 is 0 Å². The van der Waals surface area contributed by atoms with Gasteiger partial charge in [0.2, 0.25) is 0 Å². The molecule has 1 rings (SSSR count). The van der Waals surface area contributed by atoms with Crippen molar-refractivity contribution in [2.75, 3.05) is 0 Å². The molecule has 0 aliphatic heterocycles. The number of allylic oxidation sites excluding steroid dienone is 1. The fourth-order valence-corrected chi connectivity index (χ4v) is 1.42. The fraction of sp³-hybridized carbons (Fsp3) is 0.636. The SMILES string of the molecule is C=CCCC(C)NCc1nncn1CC. The lowest BCUT2D eigenvalue weighted by Crippen LogP contribution is -2.26. The van der Waals surface area contributed by atoms with E-state index in [4.69, 9.17) is 0 Å². The zero-order chi connectivity index (χ0) is 11.1. The Labute approximate surface area is 91.4 Å². The minimum Gasteiger partial charge on any atom is -0.317 e. The highest BCUT2D eigenvalue weighted by Gasteiger charge is 2.04. The van der Waals surface area contributed by atoms with Crippen LogP contribution in [0, 0.1) is 0 Å². The first-order chi connectivity index (χ1) is 7.27. The van der Waals surface area contributed by atoms with Gasteiger partial charge in [0.15, 0.2) is 0 Å². The maximum Gasteiger partial charge on any atom is 0.146 e. The van der Waals surface area contributed by atoms with Crippen molar-refractivity contribution in [2.45, 2.75) is 45.8 Å². The highest BCUT2D eigenvalue weighted by molar-refractivity contribution is 4.85. The molecule has 1 N–H and O–H groups in total. The lowest BCUT2D eigenvalue weighted by atomic mass is 10.2. The maximum absolute atomic E-state index is 4.07. The van der Waals surface area contributed by atoms with Gasteiger partial charge in [0, 0.05) is 12.6 Å². The molecule has 1 unspecified atom stereocenters. The van der Waals surface area contributed by atoms with E-state index in [9.17, 15) is 0 Å². The van der Waals surface area contributed by atoms with Gasteiger partial charge >= 0.3 is 0 Å². The van der Waals surface area contributed by atoms with Crippen molar-refractivity contribution >= 4 is 0 Å². The van der Waals surface area contributed by atoms with Gasteiger partial charge in [-0.1, -0.05) is 6.08 Å². The lowest BCUT2D eigenvalue weighted by Gasteiger charge is -2.12. The van der Waals surface area contributed by atoms with Gasteiger partial charge in [-0.25, -0.2) is 0 Å². The number of nitrogens with one attached hydrogen (secondary N) is 1. The molecular formula is C11H20N4. The molecule has 0 fully saturated rings. The van der Waals surface area contributed by atoms with E-state index in [1.165, 1.54) is 0 Å². The third-order valence-corrected chi connectivity index (χ3v) is 2.45. The van der Waals surface area contributed by atoms with E-state index in [0.717, 1.165) is 31.8 Å². The molecule has 15 heavy (non-hydrogen) atoms. The number of hydrogen-bond acceptors (Lipinski definition) is 3. The van der Waals surface area contributed by atoms with Crippen LogP contribution in [0.2, 0.25) is 0 Å². The molecule has 0 spiro atoms. The van der Waals surface area contributed by atoms with Crippen LogP contribution in [-0.4, -0.2) is 20.8 Å². The summed E-state index contributed by atoms with van der Waals surface area (Å²) in [7, 11) is 0. The van der Waals surface area contributed by atoms with Gasteiger partial charge in [-0.2, -0.15) is 0 Å². The molecule has 0 saturated carbocycles. The molecule has 4 nitrogen and oxygen atoms in total. The van der Waals surface area contributed by atoms with Crippen molar-refractivity contribution in [1.29, 1.82) is 0 Å². The highest BCUT2D eigenvalue weighted by atomic mass is 15.3. The Morgan fingerprint density at radius 3 is 3.13 bits per heavy atom. The van der Waals surface area contributed by atoms with E-state index in [1.807, 2.05) is 10.6 Å². The zero-order valence-electron chi connectivity index (χ0n) is 9.61. The minimum absolute atomic E-state index is 0.491. The average Bonchev–Trinajstić information content (AvgIpc) is 2.70. The highest BCUT2D eigenvalue weighted by Crippen LogP contribution is 1.99. The number of nitrogens with zero attached hydrogens (tertiary/aromatic N) is 3. The Kier molecular flexibility index (Phi) is 5.04. The second-order valence-corrected chi connectivity index (χ2v) is 3.68. The molecule has 0 aliphatic carbocycles. The average molecular weight is 208 g/mol. The summed E-state index contributed by atoms with van der Waals surface area (Å²) < 4.78 is 2.05. The molecule has 0 aromatic carbocycles. The molecule has 0 radical (unpaired) electrons. The summed E-state index contributed by atoms with van der Waals surface area (Å²) >= 11 is 0. The molecule has 1 aromatic rings. The normalized spacial score (nSPS) is 12.7. The molecule has 1 aromatic heterocycles. The van der Waals surface area contributed by atoms with Crippen molar-refractivity contribution in [3.8, 4) is 0 Å². The molecule has 4 heteroatoms. The molecule has 0 amide bonds. The van der Waals surface area contributed by atoms with E-state index < -0.39 is 0 Å². The smallest absolute Gasteiger partial charge is 0.146 e. The Balaban J connectivity index is 2.33. The first-order valence-electron chi connectivity index (χ1n) is 5.48. The maximum atomic E-state index is 4.07. The van der Waals surface area contributed by atoms with Crippen molar-refractivity contribution in [3.63, 3.8) is 0 Å². The molecule has 0 saturated heterocycles. The summed E-state index contributed by atoms with van der Waals surface area (Å²) in [6, 6.07) is 0.491. The first-order valence-corrected chi connectivity index (χ1v) is 5.48. The van der Waals surface area contributed by atoms with Crippen LogP contribution in [0.1, 0.15) is 32.5 Å². The largest absolute Gasteiger partial charge is 0.317 e. The predicted octanol–water partition coefficient (Wildman–Crippen LogP) is 1.74. The van der Waals surface area contributed by atoms with Gasteiger partial charge in [0.05, 0.1) is 6.54 Å². The van der Waals surface area contributed by atoms with E-state index in [2.05, 4.69) is 35.9 Å². The minimum atomic E-state index is 0.491. The van der Waals surface area contributed by atoms with Crippen LogP contribution in [0.5, 0.6) is 0 Å². The topological polar surface area (TPSA) is 42.7 Å². The fourth-order valence-electron chi connectivity index (χ4n) is 1.42. The number of aromatic nitrogens is 3. The number of hydrogen-bond donors (Lipinski definition) is 1. The van der Waals surface area contributed by atoms with Gasteiger partial charge in [-0.15, -0.1) is 16.8 Å². The standard InChI is InChI=1S/C11H20N4/c1-4-6-7-10(3)12-8-11-14-13-9-15(11)5-2/h4,9-10,12H,1,5-8H2,2-3H3. The van der Waals surface area contributed by atoms with Gasteiger partial charge in [-0.3, -0.25) is 0 Å². The Morgan fingerprint density at radius 1 is 1.67 bits per heavy atom. The van der Waals surface area contributed by atoms with E-state index in [0.29, 0.717) is 6.04 Å². The second kappa shape index (κ2) is 6.35. The summed E-state index contributed by atoms with van der Waals surface area (Å²) in [6.45, 7) is 9.69. The summed E-state index contributed by atoms with van der Waals surface area (Å²) in [5.41, 5.74) is 0. The molecular weight excluding hydrogens is 188 g/mol. The Bertz CT molecular complexity index is 293. The summed E-state index contributed by atoms with van der Waals surface area (Å²) in [6.07, 6.45) is 5.89. The molecule has 84 valence electrons. The van der Waals surface area contributed by atoms with Gasteiger partial charge in [0.1, 0.15) is 12.2 Å². The lowest BCUT2D eigenvalue weighted by molar-refractivity contribution is 0.497. The van der Waals surface area contributed by atoms with Crippen molar-refractivity contribution in [2.24, 2.45) is 0 Å². The van der Waals surface area contributed by atoms with Crippen LogP contribution in [-0.2, 0) is 13.1 Å². The van der Waals surface area contributed by atoms with Crippen molar-refractivity contribution in [1.82, 2.24) is 20.1 Å². The zero-order valence-corrected chi connectivity index (χ0v) is 9.61. The molecule has 1 heterocycles. The van der Waals surface area contributed by atoms with E-state index in [1.54, 1.807) is 6.33 Å². The number of rotatable bonds is 7. The number of aryl methyl sites for hydroxylation is 1. The summed E-state index contributed by atoms with van der Waals surface area (Å²) in [4.78, 5) is 0. The van der Waals surface area contributed by atoms with Gasteiger partial charge in [0.25, 0.3) is 0 Å². The summed E-state index contributed by atoms with van der Waals surface area (Å²) in [5.74, 6) is 1.00. The molecule has 0 bridgehead atoms. The third kappa shape index (κ3) is 3.83. The Hall–Kier alpha value is -1.16. The van der Waals surface area contributed by atoms with Gasteiger partial charge in [-0.05, 0) is 26.7 Å². The van der Waals surface area contributed by atoms with Crippen LogP contribution in [0.4, 0.5) is 0 Å². The van der Waals surface area contributed by atoms with Crippen LogP contribution >= 0.6 is 0 Å². The van der Waals surface area contributed by atoms with Crippen LogP contribution in [0.25, 0.3) is 0 Å². The third-order valence-electron chi connectivity index (χ3n) is 2.45. The monoisotopic (exact) mass is 208 g/mol. The Morgan fingerprint density at radius 2 is 2.47 bits per heavy atom. The second-order valence-electron chi connectivity index (χ2n) is 3.68. The first kappa shape index (κ1) is 11.9. The molecule has 1 atom stereocenters. The quantitative estimate of drug-likeness (QED) is 0.694. The van der Waals surface area contributed by atoms with Crippen molar-refractivity contribution in [3.05, 3.63) is 24.8 Å². The molecule has 0 aliphatic rings. The summed E-state index contributed by atoms with van der Waals surface area (Å²) in [5, 5.41) is 11.4. The van der Waals surface area contributed by atoms with Crippen LogP contribution in [0.15, 0.2) is 19.0 Å². The van der Waals surface area contributed by atoms with Gasteiger partial charge < -0.3 is 9.88 Å². The van der Waals surface area contributed by atoms with Crippen LogP contribution in [0.3, 0.4) is 0 Å². The van der Waals surface area contributed by atoms with Crippen molar-refractivity contribution < 1.29 is 0 Å².